The Kier molecular flexibility index (Phi) is 4.75. The quantitative estimate of drug-likeness (QED) is 0.229. The molecular formula is C37H28N2. The first kappa shape index (κ1) is 22.2. The Labute approximate surface area is 227 Å². The molecule has 0 amide bonds. The van der Waals surface area contributed by atoms with E-state index in [9.17, 15) is 0 Å². The predicted molar refractivity (Wildman–Crippen MR) is 166 cm³/mol. The van der Waals surface area contributed by atoms with E-state index >= 15 is 0 Å². The molecule has 0 saturated carbocycles. The molecule has 1 unspecified atom stereocenters. The van der Waals surface area contributed by atoms with Gasteiger partial charge in [0.2, 0.25) is 0 Å². The van der Waals surface area contributed by atoms with Gasteiger partial charge >= 0.3 is 0 Å². The van der Waals surface area contributed by atoms with Crippen LogP contribution in [0.1, 0.15) is 18.9 Å². The van der Waals surface area contributed by atoms with Gasteiger partial charge in [0.15, 0.2) is 0 Å². The van der Waals surface area contributed by atoms with Crippen molar-refractivity contribution in [1.29, 1.82) is 0 Å². The van der Waals surface area contributed by atoms with E-state index in [4.69, 9.17) is 0 Å². The van der Waals surface area contributed by atoms with Crippen LogP contribution in [0.15, 0.2) is 140 Å². The van der Waals surface area contributed by atoms with E-state index < -0.39 is 0 Å². The normalized spacial score (nSPS) is 17.4. The van der Waals surface area contributed by atoms with Crippen LogP contribution in [0.4, 0.5) is 0 Å². The molecule has 0 N–H and O–H groups in total. The lowest BCUT2D eigenvalue weighted by Crippen LogP contribution is -2.22. The van der Waals surface area contributed by atoms with Crippen LogP contribution >= 0.6 is 0 Å². The van der Waals surface area contributed by atoms with Crippen molar-refractivity contribution < 1.29 is 0 Å². The second-order valence-corrected chi connectivity index (χ2v) is 10.9. The minimum Gasteiger partial charge on any atom is -0.310 e. The standard InChI is InChI=1S/C37H28N2/c1-37(23-11-14-28(25-37)39-35-21-8-4-17-31(35)32-18-5-9-22-36(32)39)26-12-10-13-27(24-26)38-33-19-6-2-15-29(33)30-16-3-7-20-34(30)38/h2-22,24-25H,23H2,1H3. The zero-order valence-electron chi connectivity index (χ0n) is 21.9. The lowest BCUT2D eigenvalue weighted by molar-refractivity contribution is 0.599. The first-order valence-corrected chi connectivity index (χ1v) is 13.7. The zero-order chi connectivity index (χ0) is 26.0. The SMILES string of the molecule is CC1(c2cccc(-n3c4ccccc4c4ccccc43)c2)C=C(n2c3ccccc3c3ccccc32)C=CC1. The molecule has 0 saturated heterocycles. The Morgan fingerprint density at radius 3 is 1.56 bits per heavy atom. The van der Waals surface area contributed by atoms with Crippen molar-refractivity contribution in [3.05, 3.63) is 145 Å². The highest BCUT2D eigenvalue weighted by Crippen LogP contribution is 2.40. The third kappa shape index (κ3) is 3.28. The molecule has 0 spiro atoms. The number of fused-ring (bicyclic) bond motifs is 6. The molecule has 0 aliphatic heterocycles. The maximum absolute atomic E-state index is 2.47. The third-order valence-electron chi connectivity index (χ3n) is 8.48. The van der Waals surface area contributed by atoms with E-state index in [2.05, 4.69) is 156 Å². The second-order valence-electron chi connectivity index (χ2n) is 10.9. The number of hydrogen-bond acceptors (Lipinski definition) is 0. The Morgan fingerprint density at radius 2 is 1.03 bits per heavy atom. The van der Waals surface area contributed by atoms with Crippen molar-refractivity contribution in [2.24, 2.45) is 0 Å². The molecule has 186 valence electrons. The largest absolute Gasteiger partial charge is 0.310 e. The summed E-state index contributed by atoms with van der Waals surface area (Å²) in [5, 5.41) is 5.17. The smallest absolute Gasteiger partial charge is 0.0541 e. The topological polar surface area (TPSA) is 9.86 Å². The Balaban J connectivity index is 1.31. The maximum Gasteiger partial charge on any atom is 0.0541 e. The number of para-hydroxylation sites is 4. The van der Waals surface area contributed by atoms with Crippen molar-refractivity contribution in [1.82, 2.24) is 9.13 Å². The van der Waals surface area contributed by atoms with Gasteiger partial charge in [0, 0.05) is 38.3 Å². The minimum absolute atomic E-state index is 0.134. The lowest BCUT2D eigenvalue weighted by atomic mass is 9.76. The van der Waals surface area contributed by atoms with Crippen molar-refractivity contribution in [3.63, 3.8) is 0 Å². The van der Waals surface area contributed by atoms with Crippen LogP contribution in [0, 0.1) is 0 Å². The summed E-state index contributed by atoms with van der Waals surface area (Å²) in [6, 6.07) is 44.0. The molecule has 7 aromatic rings. The van der Waals surface area contributed by atoms with Gasteiger partial charge in [-0.1, -0.05) is 97.9 Å². The molecular weight excluding hydrogens is 472 g/mol. The van der Waals surface area contributed by atoms with Gasteiger partial charge in [-0.3, -0.25) is 0 Å². The molecule has 2 aromatic heterocycles. The number of rotatable bonds is 3. The Bertz CT molecular complexity index is 2010. The van der Waals surface area contributed by atoms with Gasteiger partial charge < -0.3 is 9.13 Å². The second kappa shape index (κ2) is 8.34. The molecule has 0 radical (unpaired) electrons. The molecule has 2 heteroatoms. The van der Waals surface area contributed by atoms with E-state index in [1.807, 2.05) is 0 Å². The lowest BCUT2D eigenvalue weighted by Gasteiger charge is -2.30. The summed E-state index contributed by atoms with van der Waals surface area (Å²) in [6.07, 6.45) is 8.06. The van der Waals surface area contributed by atoms with E-state index in [0.29, 0.717) is 0 Å². The van der Waals surface area contributed by atoms with Crippen molar-refractivity contribution in [3.8, 4) is 5.69 Å². The van der Waals surface area contributed by atoms with Gasteiger partial charge in [0.25, 0.3) is 0 Å². The van der Waals surface area contributed by atoms with Crippen LogP contribution in [0.2, 0.25) is 0 Å². The number of hydrogen-bond donors (Lipinski definition) is 0. The summed E-state index contributed by atoms with van der Waals surface area (Å²) in [5.74, 6) is 0. The van der Waals surface area contributed by atoms with Gasteiger partial charge in [0.1, 0.15) is 0 Å². The van der Waals surface area contributed by atoms with E-state index in [1.54, 1.807) is 0 Å². The van der Waals surface area contributed by atoms with Crippen LogP contribution in [-0.2, 0) is 5.41 Å². The average Bonchev–Trinajstić information content (AvgIpc) is 3.51. The monoisotopic (exact) mass is 500 g/mol. The molecule has 5 aromatic carbocycles. The highest BCUT2D eigenvalue weighted by Gasteiger charge is 2.28. The Morgan fingerprint density at radius 1 is 0.538 bits per heavy atom. The first-order valence-electron chi connectivity index (χ1n) is 13.7. The summed E-state index contributed by atoms with van der Waals surface area (Å²) in [4.78, 5) is 0. The number of allylic oxidation sites excluding steroid dienone is 4. The fraction of sp³-hybridized carbons (Fsp3) is 0.0811. The summed E-state index contributed by atoms with van der Waals surface area (Å²) >= 11 is 0. The van der Waals surface area contributed by atoms with Gasteiger partial charge in [-0.25, -0.2) is 0 Å². The average molecular weight is 501 g/mol. The van der Waals surface area contributed by atoms with Gasteiger partial charge in [0.05, 0.1) is 22.1 Å². The first-order chi connectivity index (χ1) is 19.2. The van der Waals surface area contributed by atoms with Gasteiger partial charge in [-0.15, -0.1) is 0 Å². The summed E-state index contributed by atoms with van der Waals surface area (Å²) in [7, 11) is 0. The number of nitrogens with zero attached hydrogens (tertiary/aromatic N) is 2. The fourth-order valence-corrected chi connectivity index (χ4v) is 6.60. The molecule has 0 bridgehead atoms. The highest BCUT2D eigenvalue weighted by atomic mass is 15.0. The molecule has 8 rings (SSSR count). The molecule has 1 aliphatic rings. The van der Waals surface area contributed by atoms with Crippen LogP contribution in [0.25, 0.3) is 55.0 Å². The highest BCUT2D eigenvalue weighted by molar-refractivity contribution is 6.11. The van der Waals surface area contributed by atoms with Crippen molar-refractivity contribution >= 4 is 49.3 Å². The predicted octanol–water partition coefficient (Wildman–Crippen LogP) is 9.65. The zero-order valence-corrected chi connectivity index (χ0v) is 21.9. The maximum atomic E-state index is 2.47. The number of benzene rings is 5. The van der Waals surface area contributed by atoms with Crippen LogP contribution in [-0.4, -0.2) is 9.13 Å². The molecule has 1 atom stereocenters. The summed E-state index contributed by atoms with van der Waals surface area (Å²) in [6.45, 7) is 2.37. The minimum atomic E-state index is -0.134. The van der Waals surface area contributed by atoms with Gasteiger partial charge in [-0.05, 0) is 60.5 Å². The molecule has 2 nitrogen and oxygen atoms in total. The van der Waals surface area contributed by atoms with Crippen molar-refractivity contribution in [2.75, 3.05) is 0 Å². The molecule has 2 heterocycles. The third-order valence-corrected chi connectivity index (χ3v) is 8.48. The summed E-state index contributed by atoms with van der Waals surface area (Å²) in [5.41, 5.74) is 8.60. The fourth-order valence-electron chi connectivity index (χ4n) is 6.60. The van der Waals surface area contributed by atoms with Crippen LogP contribution in [0.5, 0.6) is 0 Å². The van der Waals surface area contributed by atoms with E-state index in [0.717, 1.165) is 6.42 Å². The number of aromatic nitrogens is 2. The Hall–Kier alpha value is -4.82. The van der Waals surface area contributed by atoms with Gasteiger partial charge in [-0.2, -0.15) is 0 Å². The van der Waals surface area contributed by atoms with Crippen molar-refractivity contribution in [2.45, 2.75) is 18.8 Å². The molecule has 0 fully saturated rings. The van der Waals surface area contributed by atoms with E-state index in [-0.39, 0.29) is 5.41 Å². The molecule has 1 aliphatic carbocycles. The summed E-state index contributed by atoms with van der Waals surface area (Å²) < 4.78 is 4.84. The van der Waals surface area contributed by atoms with Crippen LogP contribution in [0.3, 0.4) is 0 Å². The van der Waals surface area contributed by atoms with E-state index in [1.165, 1.54) is 60.6 Å². The van der Waals surface area contributed by atoms with Crippen LogP contribution < -0.4 is 0 Å². The molecule has 39 heavy (non-hydrogen) atoms.